The molecule has 3 rings (SSSR count). The van der Waals surface area contributed by atoms with Gasteiger partial charge in [0.1, 0.15) is 5.76 Å². The van der Waals surface area contributed by atoms with Crippen LogP contribution in [0.15, 0.2) is 45.7 Å². The maximum atomic E-state index is 12.6. The highest BCUT2D eigenvalue weighted by molar-refractivity contribution is 7.84. The van der Waals surface area contributed by atoms with E-state index in [1.54, 1.807) is 12.1 Å². The van der Waals surface area contributed by atoms with Crippen molar-refractivity contribution in [1.29, 1.82) is 0 Å². The fraction of sp³-hybridized carbons (Fsp3) is 0.522. The largest absolute Gasteiger partial charge is 0.455 e. The Morgan fingerprint density at radius 2 is 1.77 bits per heavy atom. The molecule has 2 heterocycles. The lowest BCUT2D eigenvalue weighted by atomic mass is 10.2. The number of rotatable bonds is 10. The number of nitrogens with zero attached hydrogens (tertiary/aromatic N) is 2. The predicted octanol–water partition coefficient (Wildman–Crippen LogP) is 3.04. The van der Waals surface area contributed by atoms with Crippen LogP contribution in [0.3, 0.4) is 0 Å². The molecule has 1 aromatic heterocycles. The van der Waals surface area contributed by atoms with Gasteiger partial charge in [-0.3, -0.25) is 9.00 Å². The molecule has 1 fully saturated rings. The Morgan fingerprint density at radius 1 is 1.07 bits per heavy atom. The van der Waals surface area contributed by atoms with Crippen LogP contribution < -0.4 is 5.32 Å². The topological polar surface area (TPSA) is 65.8 Å². The van der Waals surface area contributed by atoms with E-state index in [9.17, 15) is 9.00 Å². The first-order chi connectivity index (χ1) is 14.6. The highest BCUT2D eigenvalue weighted by Crippen LogP contribution is 2.18. The average molecular weight is 432 g/mol. The first-order valence-electron chi connectivity index (χ1n) is 10.8. The van der Waals surface area contributed by atoms with Gasteiger partial charge in [0.05, 0.1) is 16.6 Å². The highest BCUT2D eigenvalue weighted by atomic mass is 32.2. The fourth-order valence-corrected chi connectivity index (χ4v) is 4.97. The summed E-state index contributed by atoms with van der Waals surface area (Å²) in [6.45, 7) is 11.5. The normalized spacial score (nSPS) is 16.5. The van der Waals surface area contributed by atoms with Crippen molar-refractivity contribution in [2.24, 2.45) is 0 Å². The van der Waals surface area contributed by atoms with Crippen LogP contribution in [0.25, 0.3) is 0 Å². The lowest BCUT2D eigenvalue weighted by molar-refractivity contribution is 0.0919. The van der Waals surface area contributed by atoms with Crippen molar-refractivity contribution in [3.63, 3.8) is 0 Å². The molecule has 0 radical (unpaired) electrons. The van der Waals surface area contributed by atoms with Crippen LogP contribution in [0, 0.1) is 6.92 Å². The van der Waals surface area contributed by atoms with Gasteiger partial charge < -0.3 is 19.5 Å². The molecule has 1 atom stereocenters. The molecule has 1 N–H and O–H groups in total. The molecule has 164 valence electrons. The van der Waals surface area contributed by atoms with E-state index in [0.717, 1.165) is 49.6 Å². The molecule has 1 aliphatic heterocycles. The minimum absolute atomic E-state index is 0.212. The third-order valence-corrected chi connectivity index (χ3v) is 6.93. The van der Waals surface area contributed by atoms with E-state index in [1.807, 2.05) is 31.2 Å². The minimum Gasteiger partial charge on any atom is -0.455 e. The SMILES string of the molecule is CCCN1CCN(CCCNC(=O)c2ccc(C[S@@](=O)c3ccccc3C)o2)CC1. The minimum atomic E-state index is -1.19. The summed E-state index contributed by atoms with van der Waals surface area (Å²) in [5, 5.41) is 2.93. The summed E-state index contributed by atoms with van der Waals surface area (Å²) in [5.74, 6) is 0.893. The van der Waals surface area contributed by atoms with Crippen LogP contribution in [0.1, 0.15) is 41.6 Å². The van der Waals surface area contributed by atoms with E-state index in [2.05, 4.69) is 22.0 Å². The van der Waals surface area contributed by atoms with E-state index in [1.165, 1.54) is 13.0 Å². The van der Waals surface area contributed by atoms with Crippen LogP contribution in [0.4, 0.5) is 0 Å². The van der Waals surface area contributed by atoms with Gasteiger partial charge in [0.15, 0.2) is 5.76 Å². The maximum absolute atomic E-state index is 12.6. The standard InChI is InChI=1S/C23H33N3O3S/c1-3-12-25-14-16-26(17-15-25)13-6-11-24-23(27)21-10-9-20(29-21)18-30(28)22-8-5-4-7-19(22)2/h4-5,7-10H,3,6,11-18H2,1-2H3,(H,24,27)/t30-/m1/s1. The Bertz CT molecular complexity index is 844. The van der Waals surface area contributed by atoms with E-state index in [4.69, 9.17) is 4.42 Å². The summed E-state index contributed by atoms with van der Waals surface area (Å²) < 4.78 is 18.2. The number of hydrogen-bond donors (Lipinski definition) is 1. The first-order valence-corrected chi connectivity index (χ1v) is 12.1. The Hall–Kier alpha value is -1.96. The number of furan rings is 1. The van der Waals surface area contributed by atoms with Crippen LogP contribution in [-0.2, 0) is 16.6 Å². The summed E-state index contributed by atoms with van der Waals surface area (Å²) in [5.41, 5.74) is 0.993. The number of carbonyl (C=O) groups excluding carboxylic acids is 1. The molecule has 1 aromatic carbocycles. The fourth-order valence-electron chi connectivity index (χ4n) is 3.74. The lowest BCUT2D eigenvalue weighted by Crippen LogP contribution is -2.47. The van der Waals surface area contributed by atoms with Crippen molar-refractivity contribution < 1.29 is 13.4 Å². The zero-order valence-electron chi connectivity index (χ0n) is 18.1. The summed E-state index contributed by atoms with van der Waals surface area (Å²) in [4.78, 5) is 18.1. The van der Waals surface area contributed by atoms with Crippen molar-refractivity contribution in [3.05, 3.63) is 53.5 Å². The van der Waals surface area contributed by atoms with Crippen LogP contribution >= 0.6 is 0 Å². The second-order valence-corrected chi connectivity index (χ2v) is 9.23. The van der Waals surface area contributed by atoms with Gasteiger partial charge in [-0.1, -0.05) is 25.1 Å². The number of nitrogens with one attached hydrogen (secondary N) is 1. The van der Waals surface area contributed by atoms with Gasteiger partial charge in [-0.2, -0.15) is 0 Å². The number of benzene rings is 1. The molecule has 2 aromatic rings. The maximum Gasteiger partial charge on any atom is 0.286 e. The van der Waals surface area contributed by atoms with Gasteiger partial charge in [0.25, 0.3) is 5.91 Å². The number of piperazine rings is 1. The average Bonchev–Trinajstić information content (AvgIpc) is 3.21. The van der Waals surface area contributed by atoms with E-state index in [-0.39, 0.29) is 17.4 Å². The van der Waals surface area contributed by atoms with Gasteiger partial charge in [0, 0.05) is 37.6 Å². The smallest absolute Gasteiger partial charge is 0.286 e. The second kappa shape index (κ2) is 11.4. The van der Waals surface area contributed by atoms with E-state index < -0.39 is 10.8 Å². The number of carbonyl (C=O) groups is 1. The molecule has 30 heavy (non-hydrogen) atoms. The Kier molecular flexibility index (Phi) is 8.66. The Morgan fingerprint density at radius 3 is 2.47 bits per heavy atom. The summed E-state index contributed by atoms with van der Waals surface area (Å²) in [6, 6.07) is 11.0. The molecular formula is C23H33N3O3S. The molecule has 1 saturated heterocycles. The molecule has 0 bridgehead atoms. The van der Waals surface area contributed by atoms with Crippen molar-refractivity contribution in [1.82, 2.24) is 15.1 Å². The molecule has 7 heteroatoms. The Labute approximate surface area is 182 Å². The molecule has 0 unspecified atom stereocenters. The van der Waals surface area contributed by atoms with E-state index in [0.29, 0.717) is 12.3 Å². The zero-order chi connectivity index (χ0) is 21.3. The van der Waals surface area contributed by atoms with Crippen LogP contribution in [0.2, 0.25) is 0 Å². The third-order valence-electron chi connectivity index (χ3n) is 5.44. The van der Waals surface area contributed by atoms with Crippen molar-refractivity contribution in [3.8, 4) is 0 Å². The number of aryl methyl sites for hydroxylation is 1. The monoisotopic (exact) mass is 431 g/mol. The highest BCUT2D eigenvalue weighted by Gasteiger charge is 2.17. The Balaban J connectivity index is 1.38. The van der Waals surface area contributed by atoms with Gasteiger partial charge >= 0.3 is 0 Å². The molecule has 0 spiro atoms. The lowest BCUT2D eigenvalue weighted by Gasteiger charge is -2.34. The molecule has 0 aliphatic carbocycles. The first kappa shape index (κ1) is 22.7. The van der Waals surface area contributed by atoms with Crippen molar-refractivity contribution in [2.45, 2.75) is 37.3 Å². The molecule has 1 aliphatic rings. The van der Waals surface area contributed by atoms with Crippen LogP contribution in [0.5, 0.6) is 0 Å². The van der Waals surface area contributed by atoms with Crippen molar-refractivity contribution >= 4 is 16.7 Å². The van der Waals surface area contributed by atoms with Crippen LogP contribution in [-0.4, -0.2) is 65.7 Å². The zero-order valence-corrected chi connectivity index (χ0v) is 18.9. The van der Waals surface area contributed by atoms with Gasteiger partial charge in [0.2, 0.25) is 0 Å². The quantitative estimate of drug-likeness (QED) is 0.586. The summed E-state index contributed by atoms with van der Waals surface area (Å²) in [7, 11) is -1.19. The number of amides is 1. The summed E-state index contributed by atoms with van der Waals surface area (Å²) in [6.07, 6.45) is 2.13. The number of hydrogen-bond acceptors (Lipinski definition) is 5. The molecule has 6 nitrogen and oxygen atoms in total. The van der Waals surface area contributed by atoms with E-state index >= 15 is 0 Å². The summed E-state index contributed by atoms with van der Waals surface area (Å²) >= 11 is 0. The second-order valence-electron chi connectivity index (χ2n) is 7.81. The van der Waals surface area contributed by atoms with Crippen molar-refractivity contribution in [2.75, 3.05) is 45.8 Å². The molecule has 0 saturated carbocycles. The van der Waals surface area contributed by atoms with Gasteiger partial charge in [-0.05, 0) is 56.6 Å². The predicted molar refractivity (Wildman–Crippen MR) is 120 cm³/mol. The van der Waals surface area contributed by atoms with Gasteiger partial charge in [-0.15, -0.1) is 0 Å². The molecule has 1 amide bonds. The van der Waals surface area contributed by atoms with Gasteiger partial charge in [-0.25, -0.2) is 0 Å². The third kappa shape index (κ3) is 6.52. The molecular weight excluding hydrogens is 398 g/mol.